The van der Waals surface area contributed by atoms with Crippen molar-refractivity contribution in [2.45, 2.75) is 76.0 Å². The van der Waals surface area contributed by atoms with Crippen LogP contribution in [0.3, 0.4) is 0 Å². The van der Waals surface area contributed by atoms with Gasteiger partial charge in [-0.1, -0.05) is 56.7 Å². The Morgan fingerprint density at radius 1 is 0.571 bits per heavy atom. The standard InChI is InChI=1S/C36H37N5.Pt/c1-6-16-28(17-7-1)33-26-35(37-40(33)31-22-12-4-13-23-31)39(30-20-10-3-11-21-30)36-27-34(29-18-8-2-9-19-29)41(38-36)32-24-14-5-15-25-32;/h3-5,10-15,20-22,24,26-29H,1-2,6-9,16-19H2;/q-2;+2. The second-order valence-electron chi connectivity index (χ2n) is 11.5. The van der Waals surface area contributed by atoms with Crippen molar-refractivity contribution in [2.75, 3.05) is 4.90 Å². The fourth-order valence-electron chi connectivity index (χ4n) is 6.74. The number of hydrogen-bond donors (Lipinski definition) is 0. The van der Waals surface area contributed by atoms with E-state index < -0.39 is 0 Å². The van der Waals surface area contributed by atoms with Crippen LogP contribution in [0.1, 0.15) is 87.4 Å². The topological polar surface area (TPSA) is 38.9 Å². The van der Waals surface area contributed by atoms with Crippen molar-refractivity contribution in [3.8, 4) is 11.4 Å². The summed E-state index contributed by atoms with van der Waals surface area (Å²) in [5.41, 5.74) is 5.57. The van der Waals surface area contributed by atoms with Gasteiger partial charge in [-0.3, -0.25) is 14.3 Å². The van der Waals surface area contributed by atoms with E-state index in [0.29, 0.717) is 11.8 Å². The quantitative estimate of drug-likeness (QED) is 0.157. The molecule has 7 rings (SSSR count). The molecule has 0 N–H and O–H groups in total. The predicted molar refractivity (Wildman–Crippen MR) is 165 cm³/mol. The number of nitrogens with zero attached hydrogens (tertiary/aromatic N) is 5. The van der Waals surface area contributed by atoms with Crippen LogP contribution in [0.15, 0.2) is 91.0 Å². The largest absolute Gasteiger partial charge is 2.00 e. The molecule has 2 saturated carbocycles. The maximum atomic E-state index is 5.29. The van der Waals surface area contributed by atoms with Gasteiger partial charge < -0.3 is 0 Å². The van der Waals surface area contributed by atoms with Gasteiger partial charge in [-0.05, 0) is 49.2 Å². The molecule has 2 heterocycles. The first kappa shape index (κ1) is 28.7. The molecular formula is C36H37N5Pt. The van der Waals surface area contributed by atoms with Crippen LogP contribution in [0.5, 0.6) is 0 Å². The van der Waals surface area contributed by atoms with Crippen LogP contribution in [0.25, 0.3) is 11.4 Å². The number of benzene rings is 3. The molecule has 0 radical (unpaired) electrons. The number of hydrogen-bond acceptors (Lipinski definition) is 3. The monoisotopic (exact) mass is 734 g/mol. The van der Waals surface area contributed by atoms with E-state index in [4.69, 9.17) is 10.2 Å². The summed E-state index contributed by atoms with van der Waals surface area (Å²) in [5, 5.41) is 10.6. The second-order valence-corrected chi connectivity index (χ2v) is 11.5. The van der Waals surface area contributed by atoms with E-state index in [-0.39, 0.29) is 21.1 Å². The van der Waals surface area contributed by atoms with Crippen LogP contribution in [0.4, 0.5) is 17.3 Å². The molecule has 5 nitrogen and oxygen atoms in total. The zero-order chi connectivity index (χ0) is 27.4. The zero-order valence-corrected chi connectivity index (χ0v) is 26.2. The van der Waals surface area contributed by atoms with Gasteiger partial charge in [-0.15, -0.1) is 12.1 Å². The van der Waals surface area contributed by atoms with Gasteiger partial charge in [-0.25, -0.2) is 0 Å². The van der Waals surface area contributed by atoms with Gasteiger partial charge in [0.1, 0.15) is 0 Å². The van der Waals surface area contributed by atoms with Gasteiger partial charge in [0.2, 0.25) is 0 Å². The fourth-order valence-corrected chi connectivity index (χ4v) is 6.74. The average molecular weight is 735 g/mol. The Bertz CT molecular complexity index is 1450. The Balaban J connectivity index is 0.00000316. The number of aromatic nitrogens is 4. The number of rotatable bonds is 7. The van der Waals surface area contributed by atoms with Crippen LogP contribution in [-0.2, 0) is 21.1 Å². The normalized spacial score (nSPS) is 16.2. The Labute approximate surface area is 263 Å². The molecule has 0 bridgehead atoms. The molecule has 2 aliphatic carbocycles. The van der Waals surface area contributed by atoms with E-state index in [2.05, 4.69) is 93.1 Å². The zero-order valence-electron chi connectivity index (χ0n) is 23.9. The Kier molecular flexibility index (Phi) is 9.05. The minimum absolute atomic E-state index is 0. The van der Waals surface area contributed by atoms with Gasteiger partial charge in [0, 0.05) is 41.0 Å². The van der Waals surface area contributed by atoms with E-state index in [1.807, 2.05) is 24.3 Å². The van der Waals surface area contributed by atoms with Crippen molar-refractivity contribution in [3.63, 3.8) is 0 Å². The number of anilines is 3. The third-order valence-corrected chi connectivity index (χ3v) is 8.81. The average Bonchev–Trinajstić information content (AvgIpc) is 3.69. The molecule has 2 aliphatic rings. The van der Waals surface area contributed by atoms with Gasteiger partial charge in [0.15, 0.2) is 11.6 Å². The van der Waals surface area contributed by atoms with Crippen molar-refractivity contribution in [1.82, 2.24) is 19.6 Å². The van der Waals surface area contributed by atoms with E-state index in [9.17, 15) is 0 Å². The summed E-state index contributed by atoms with van der Waals surface area (Å²) in [5.74, 6) is 2.77. The van der Waals surface area contributed by atoms with Crippen LogP contribution in [-0.4, -0.2) is 19.6 Å². The third kappa shape index (κ3) is 5.90. The van der Waals surface area contributed by atoms with E-state index in [0.717, 1.165) is 28.7 Å². The smallest absolute Gasteiger partial charge is 0.276 e. The molecule has 6 heteroatoms. The van der Waals surface area contributed by atoms with Crippen molar-refractivity contribution in [3.05, 3.63) is 115 Å². The minimum Gasteiger partial charge on any atom is -0.276 e. The molecule has 0 unspecified atom stereocenters. The summed E-state index contributed by atoms with van der Waals surface area (Å²) in [7, 11) is 0. The molecule has 5 aromatic rings. The molecular weight excluding hydrogens is 698 g/mol. The first-order chi connectivity index (χ1) is 20.3. The van der Waals surface area contributed by atoms with E-state index in [1.165, 1.54) is 75.6 Å². The minimum atomic E-state index is 0. The molecule has 42 heavy (non-hydrogen) atoms. The van der Waals surface area contributed by atoms with Crippen molar-refractivity contribution < 1.29 is 21.1 Å². The van der Waals surface area contributed by atoms with Gasteiger partial charge in [-0.2, -0.15) is 58.7 Å². The SMILES string of the molecule is [Pt+2].[c-]1ccccc1-n1nc(N(c2ccccc2)c2cc(C3CCCCC3)n(-c3[c-]cccc3)n2)cc1C1CCCCC1. The summed E-state index contributed by atoms with van der Waals surface area (Å²) in [6, 6.07) is 38.4. The summed E-state index contributed by atoms with van der Waals surface area (Å²) in [4.78, 5) is 2.23. The Morgan fingerprint density at radius 3 is 1.45 bits per heavy atom. The predicted octanol–water partition coefficient (Wildman–Crippen LogP) is 9.22. The maximum Gasteiger partial charge on any atom is 2.00 e. The van der Waals surface area contributed by atoms with Crippen molar-refractivity contribution in [1.29, 1.82) is 0 Å². The molecule has 0 spiro atoms. The second kappa shape index (κ2) is 13.3. The van der Waals surface area contributed by atoms with Crippen LogP contribution >= 0.6 is 0 Å². The van der Waals surface area contributed by atoms with Crippen molar-refractivity contribution >= 4 is 17.3 Å². The molecule has 3 aromatic carbocycles. The van der Waals surface area contributed by atoms with Crippen LogP contribution in [0, 0.1) is 12.1 Å². The first-order valence-electron chi connectivity index (χ1n) is 15.3. The maximum absolute atomic E-state index is 5.29. The third-order valence-electron chi connectivity index (χ3n) is 8.81. The van der Waals surface area contributed by atoms with Crippen molar-refractivity contribution in [2.24, 2.45) is 0 Å². The Morgan fingerprint density at radius 2 is 1.02 bits per heavy atom. The van der Waals surface area contributed by atoms with Crippen LogP contribution in [0.2, 0.25) is 0 Å². The molecule has 216 valence electrons. The molecule has 0 saturated heterocycles. The Hall–Kier alpha value is -3.43. The van der Waals surface area contributed by atoms with E-state index >= 15 is 0 Å². The van der Waals surface area contributed by atoms with Crippen LogP contribution < -0.4 is 4.90 Å². The summed E-state index contributed by atoms with van der Waals surface area (Å²) in [6.45, 7) is 0. The molecule has 2 fully saturated rings. The first-order valence-corrected chi connectivity index (χ1v) is 15.3. The van der Waals surface area contributed by atoms with Gasteiger partial charge in [0.25, 0.3) is 0 Å². The summed E-state index contributed by atoms with van der Waals surface area (Å²) in [6.07, 6.45) is 12.5. The number of para-hydroxylation sites is 3. The van der Waals surface area contributed by atoms with E-state index in [1.54, 1.807) is 0 Å². The molecule has 2 aromatic heterocycles. The molecule has 0 atom stereocenters. The summed E-state index contributed by atoms with van der Waals surface area (Å²) < 4.78 is 4.26. The molecule has 0 aliphatic heterocycles. The fraction of sp³-hybridized carbons (Fsp3) is 0.333. The molecule has 0 amide bonds. The summed E-state index contributed by atoms with van der Waals surface area (Å²) >= 11 is 0. The van der Waals surface area contributed by atoms with Gasteiger partial charge >= 0.3 is 21.1 Å². The van der Waals surface area contributed by atoms with Gasteiger partial charge in [0.05, 0.1) is 0 Å².